The lowest BCUT2D eigenvalue weighted by atomic mass is 10.3. The van der Waals surface area contributed by atoms with Crippen LogP contribution >= 0.6 is 28.1 Å². The molecule has 0 aromatic heterocycles. The first kappa shape index (κ1) is 15.9. The monoisotopic (exact) mass is 344 g/mol. The van der Waals surface area contributed by atoms with E-state index in [2.05, 4.69) is 15.9 Å². The number of benzene rings is 1. The average Bonchev–Trinajstić information content (AvgIpc) is 2.38. The van der Waals surface area contributed by atoms with Crippen molar-refractivity contribution in [2.24, 2.45) is 5.73 Å². The minimum Gasteiger partial charge on any atom is -0.493 e. The highest BCUT2D eigenvalue weighted by Crippen LogP contribution is 2.16. The zero-order valence-corrected chi connectivity index (χ0v) is 13.2. The first-order valence-corrected chi connectivity index (χ1v) is 7.10. The lowest BCUT2D eigenvalue weighted by molar-refractivity contribution is -0.130. The number of hydrogen-bond acceptors (Lipinski definition) is 3. The predicted molar refractivity (Wildman–Crippen MR) is 83.3 cm³/mol. The van der Waals surface area contributed by atoms with Crippen molar-refractivity contribution in [2.45, 2.75) is 12.8 Å². The molecule has 6 heteroatoms. The van der Waals surface area contributed by atoms with E-state index in [0.717, 1.165) is 10.2 Å². The summed E-state index contributed by atoms with van der Waals surface area (Å²) in [6.07, 6.45) is 0.884. The molecule has 4 nitrogen and oxygen atoms in total. The molecule has 0 heterocycles. The van der Waals surface area contributed by atoms with E-state index in [0.29, 0.717) is 31.0 Å². The van der Waals surface area contributed by atoms with Gasteiger partial charge < -0.3 is 15.4 Å². The maximum Gasteiger partial charge on any atom is 0.225 e. The van der Waals surface area contributed by atoms with Crippen LogP contribution in [-0.4, -0.2) is 36.0 Å². The lowest BCUT2D eigenvalue weighted by Crippen LogP contribution is -2.30. The standard InChI is InChI=1S/C13H17BrN2O2S/c1-16(8-6-12(15)19)13(17)7-9-18-11-4-2-10(14)3-5-11/h2-5H,6-9H2,1H3,(H2,15,19). The van der Waals surface area contributed by atoms with Crippen LogP contribution in [0, 0.1) is 0 Å². The Balaban J connectivity index is 2.26. The van der Waals surface area contributed by atoms with Gasteiger partial charge in [-0.2, -0.15) is 0 Å². The second-order valence-electron chi connectivity index (χ2n) is 4.08. The lowest BCUT2D eigenvalue weighted by Gasteiger charge is -2.16. The third-order valence-corrected chi connectivity index (χ3v) is 3.25. The molecule has 0 unspecified atom stereocenters. The highest BCUT2D eigenvalue weighted by Gasteiger charge is 2.08. The van der Waals surface area contributed by atoms with Gasteiger partial charge in [-0.15, -0.1) is 0 Å². The Morgan fingerprint density at radius 2 is 2.00 bits per heavy atom. The van der Waals surface area contributed by atoms with Crippen LogP contribution < -0.4 is 10.5 Å². The Bertz CT molecular complexity index is 437. The van der Waals surface area contributed by atoms with Gasteiger partial charge in [0.05, 0.1) is 18.0 Å². The first-order chi connectivity index (χ1) is 8.99. The van der Waals surface area contributed by atoms with Crippen LogP contribution in [0.15, 0.2) is 28.7 Å². The molecule has 0 saturated carbocycles. The molecule has 0 spiro atoms. The second-order valence-corrected chi connectivity index (χ2v) is 5.52. The van der Waals surface area contributed by atoms with Crippen LogP contribution in [0.3, 0.4) is 0 Å². The third kappa shape index (κ3) is 6.54. The second kappa shape index (κ2) is 8.12. The number of nitrogens with zero attached hydrogens (tertiary/aromatic N) is 1. The Labute approximate surface area is 127 Å². The Hall–Kier alpha value is -1.14. The summed E-state index contributed by atoms with van der Waals surface area (Å²) < 4.78 is 6.48. The molecule has 1 aromatic rings. The fourth-order valence-electron chi connectivity index (χ4n) is 1.38. The summed E-state index contributed by atoms with van der Waals surface area (Å²) in [6.45, 7) is 0.907. The van der Waals surface area contributed by atoms with E-state index in [1.807, 2.05) is 24.3 Å². The zero-order valence-electron chi connectivity index (χ0n) is 10.8. The maximum atomic E-state index is 11.8. The summed E-state index contributed by atoms with van der Waals surface area (Å²) in [5.74, 6) is 0.773. The summed E-state index contributed by atoms with van der Waals surface area (Å²) in [5, 5.41) is 0. The maximum absolute atomic E-state index is 11.8. The molecular weight excluding hydrogens is 328 g/mol. The summed E-state index contributed by atoms with van der Waals surface area (Å²) in [5.41, 5.74) is 5.39. The highest BCUT2D eigenvalue weighted by atomic mass is 79.9. The largest absolute Gasteiger partial charge is 0.493 e. The molecule has 0 aliphatic heterocycles. The van der Waals surface area contributed by atoms with E-state index < -0.39 is 0 Å². The van der Waals surface area contributed by atoms with Gasteiger partial charge in [0.25, 0.3) is 0 Å². The Kier molecular flexibility index (Phi) is 6.80. The average molecular weight is 345 g/mol. The van der Waals surface area contributed by atoms with E-state index in [1.54, 1.807) is 11.9 Å². The van der Waals surface area contributed by atoms with E-state index in [1.165, 1.54) is 0 Å². The van der Waals surface area contributed by atoms with Gasteiger partial charge in [-0.3, -0.25) is 4.79 Å². The molecule has 19 heavy (non-hydrogen) atoms. The molecule has 0 bridgehead atoms. The molecule has 1 aromatic carbocycles. The molecule has 1 amide bonds. The van der Waals surface area contributed by atoms with Crippen molar-refractivity contribution < 1.29 is 9.53 Å². The number of carbonyl (C=O) groups excluding carboxylic acids is 1. The predicted octanol–water partition coefficient (Wildman–Crippen LogP) is 2.35. The number of halogens is 1. The van der Waals surface area contributed by atoms with Crippen molar-refractivity contribution in [2.75, 3.05) is 20.2 Å². The number of nitrogens with two attached hydrogens (primary N) is 1. The van der Waals surface area contributed by atoms with Gasteiger partial charge in [0.2, 0.25) is 5.91 Å². The Morgan fingerprint density at radius 1 is 1.37 bits per heavy atom. The van der Waals surface area contributed by atoms with Gasteiger partial charge in [0, 0.05) is 24.5 Å². The fraction of sp³-hybridized carbons (Fsp3) is 0.385. The van der Waals surface area contributed by atoms with Crippen molar-refractivity contribution in [3.63, 3.8) is 0 Å². The van der Waals surface area contributed by atoms with Crippen LogP contribution in [0.4, 0.5) is 0 Å². The SMILES string of the molecule is CN(CCC(N)=S)C(=O)CCOc1ccc(Br)cc1. The zero-order chi connectivity index (χ0) is 14.3. The van der Waals surface area contributed by atoms with Crippen LogP contribution in [-0.2, 0) is 4.79 Å². The van der Waals surface area contributed by atoms with E-state index in [-0.39, 0.29) is 5.91 Å². The number of amides is 1. The minimum atomic E-state index is 0.0216. The Morgan fingerprint density at radius 3 is 2.58 bits per heavy atom. The van der Waals surface area contributed by atoms with E-state index >= 15 is 0 Å². The van der Waals surface area contributed by atoms with Crippen molar-refractivity contribution in [1.82, 2.24) is 4.90 Å². The van der Waals surface area contributed by atoms with Gasteiger partial charge in [-0.05, 0) is 24.3 Å². The van der Waals surface area contributed by atoms with Crippen molar-refractivity contribution in [1.29, 1.82) is 0 Å². The summed E-state index contributed by atoms with van der Waals surface area (Å²) in [4.78, 5) is 13.8. The normalized spacial score (nSPS) is 10.0. The van der Waals surface area contributed by atoms with Crippen molar-refractivity contribution >= 4 is 39.0 Å². The molecule has 104 valence electrons. The molecule has 1 rings (SSSR count). The molecule has 0 fully saturated rings. The molecule has 0 aliphatic rings. The molecule has 0 saturated heterocycles. The third-order valence-electron chi connectivity index (χ3n) is 2.52. The smallest absolute Gasteiger partial charge is 0.225 e. The van der Waals surface area contributed by atoms with Crippen LogP contribution in [0.2, 0.25) is 0 Å². The number of ether oxygens (including phenoxy) is 1. The fourth-order valence-corrected chi connectivity index (χ4v) is 1.74. The number of carbonyl (C=O) groups is 1. The van der Waals surface area contributed by atoms with Crippen LogP contribution in [0.5, 0.6) is 5.75 Å². The topological polar surface area (TPSA) is 55.6 Å². The summed E-state index contributed by atoms with van der Waals surface area (Å²) in [6, 6.07) is 7.49. The van der Waals surface area contributed by atoms with Gasteiger partial charge in [-0.25, -0.2) is 0 Å². The molecule has 0 aliphatic carbocycles. The summed E-state index contributed by atoms with van der Waals surface area (Å²) >= 11 is 8.12. The number of rotatable bonds is 7. The van der Waals surface area contributed by atoms with Gasteiger partial charge in [0.15, 0.2) is 0 Å². The minimum absolute atomic E-state index is 0.0216. The first-order valence-electron chi connectivity index (χ1n) is 5.89. The molecule has 2 N–H and O–H groups in total. The van der Waals surface area contributed by atoms with E-state index in [9.17, 15) is 4.79 Å². The highest BCUT2D eigenvalue weighted by molar-refractivity contribution is 9.10. The quantitative estimate of drug-likeness (QED) is 0.771. The number of hydrogen-bond donors (Lipinski definition) is 1. The molecule has 0 radical (unpaired) electrons. The van der Waals surface area contributed by atoms with Gasteiger partial charge in [-0.1, -0.05) is 28.1 Å². The summed E-state index contributed by atoms with van der Waals surface area (Å²) in [7, 11) is 1.74. The molecular formula is C13H17BrN2O2S. The van der Waals surface area contributed by atoms with Gasteiger partial charge >= 0.3 is 0 Å². The van der Waals surface area contributed by atoms with E-state index in [4.69, 9.17) is 22.7 Å². The van der Waals surface area contributed by atoms with Crippen molar-refractivity contribution in [3.8, 4) is 5.75 Å². The number of thiocarbonyl (C=S) groups is 1. The van der Waals surface area contributed by atoms with Crippen LogP contribution in [0.25, 0.3) is 0 Å². The molecule has 0 atom stereocenters. The van der Waals surface area contributed by atoms with Gasteiger partial charge in [0.1, 0.15) is 5.75 Å². The van der Waals surface area contributed by atoms with Crippen molar-refractivity contribution in [3.05, 3.63) is 28.7 Å². The van der Waals surface area contributed by atoms with Crippen LogP contribution in [0.1, 0.15) is 12.8 Å².